The Bertz CT molecular complexity index is 598. The molecule has 2 rings (SSSR count). The number of nitrogens with one attached hydrogen (secondary N) is 2. The van der Waals surface area contributed by atoms with Gasteiger partial charge in [-0.1, -0.05) is 13.8 Å². The van der Waals surface area contributed by atoms with Crippen molar-refractivity contribution in [1.82, 2.24) is 19.9 Å². The normalized spacial score (nSPS) is 12.8. The van der Waals surface area contributed by atoms with Gasteiger partial charge in [-0.15, -0.1) is 0 Å². The van der Waals surface area contributed by atoms with E-state index >= 15 is 0 Å². The molecule has 0 saturated heterocycles. The smallest absolute Gasteiger partial charge is 0.326 e. The van der Waals surface area contributed by atoms with Crippen LogP contribution in [0.2, 0.25) is 5.28 Å². The molecular weight excluding hydrogens is 270 g/mol. The van der Waals surface area contributed by atoms with E-state index in [1.165, 1.54) is 6.33 Å². The van der Waals surface area contributed by atoms with E-state index in [1.54, 1.807) is 0 Å². The second-order valence-corrected chi connectivity index (χ2v) is 4.95. The van der Waals surface area contributed by atoms with Crippen LogP contribution in [0.4, 0.5) is 5.82 Å². The van der Waals surface area contributed by atoms with Crippen molar-refractivity contribution in [1.29, 1.82) is 0 Å². The summed E-state index contributed by atoms with van der Waals surface area (Å²) in [6.45, 7) is 3.91. The number of anilines is 1. The number of hydrogen-bond donors (Lipinski definition) is 3. The second kappa shape index (κ2) is 5.40. The van der Waals surface area contributed by atoms with Crippen molar-refractivity contribution in [3.63, 3.8) is 0 Å². The van der Waals surface area contributed by atoms with Gasteiger partial charge in [-0.05, 0) is 23.9 Å². The fraction of sp³-hybridized carbons (Fsp3) is 0.455. The lowest BCUT2D eigenvalue weighted by Gasteiger charge is -2.17. The van der Waals surface area contributed by atoms with Gasteiger partial charge in [0.15, 0.2) is 11.5 Å². The predicted molar refractivity (Wildman–Crippen MR) is 71.2 cm³/mol. The molecule has 0 saturated carbocycles. The number of aliphatic carboxylic acids is 1. The molecule has 102 valence electrons. The van der Waals surface area contributed by atoms with Gasteiger partial charge in [0.25, 0.3) is 0 Å². The third kappa shape index (κ3) is 3.11. The molecule has 0 aliphatic rings. The van der Waals surface area contributed by atoms with Gasteiger partial charge in [0, 0.05) is 0 Å². The molecule has 0 spiro atoms. The Kier molecular flexibility index (Phi) is 3.84. The Labute approximate surface area is 114 Å². The number of aromatic nitrogens is 4. The Morgan fingerprint density at radius 2 is 2.26 bits per heavy atom. The first-order chi connectivity index (χ1) is 8.97. The average Bonchev–Trinajstić information content (AvgIpc) is 2.75. The first-order valence-corrected chi connectivity index (χ1v) is 6.21. The second-order valence-electron chi connectivity index (χ2n) is 4.61. The highest BCUT2D eigenvalue weighted by molar-refractivity contribution is 6.28. The minimum Gasteiger partial charge on any atom is -0.480 e. The van der Waals surface area contributed by atoms with Crippen molar-refractivity contribution < 1.29 is 9.90 Å². The molecule has 8 heteroatoms. The lowest BCUT2D eigenvalue weighted by atomic mass is 10.0. The SMILES string of the molecule is CC(C)CC(Nc1nc(Cl)nc2nc[nH]c12)C(=O)O. The molecule has 19 heavy (non-hydrogen) atoms. The van der Waals surface area contributed by atoms with Gasteiger partial charge in [-0.2, -0.15) is 9.97 Å². The van der Waals surface area contributed by atoms with Gasteiger partial charge in [0.2, 0.25) is 5.28 Å². The number of aromatic amines is 1. The summed E-state index contributed by atoms with van der Waals surface area (Å²) in [7, 11) is 0. The third-order valence-corrected chi connectivity index (χ3v) is 2.74. The number of rotatable bonds is 5. The molecule has 0 aliphatic carbocycles. The van der Waals surface area contributed by atoms with Gasteiger partial charge in [-0.3, -0.25) is 0 Å². The molecule has 2 aromatic heterocycles. The Hall–Kier alpha value is -1.89. The molecule has 2 aromatic rings. The monoisotopic (exact) mass is 283 g/mol. The summed E-state index contributed by atoms with van der Waals surface area (Å²) in [5.41, 5.74) is 0.940. The fourth-order valence-electron chi connectivity index (χ4n) is 1.77. The number of fused-ring (bicyclic) bond motifs is 1. The lowest BCUT2D eigenvalue weighted by molar-refractivity contribution is -0.138. The maximum atomic E-state index is 11.2. The molecule has 0 radical (unpaired) electrons. The summed E-state index contributed by atoms with van der Waals surface area (Å²) in [4.78, 5) is 26.0. The van der Waals surface area contributed by atoms with Crippen molar-refractivity contribution in [3.8, 4) is 0 Å². The van der Waals surface area contributed by atoms with E-state index < -0.39 is 12.0 Å². The zero-order chi connectivity index (χ0) is 14.0. The topological polar surface area (TPSA) is 104 Å². The first-order valence-electron chi connectivity index (χ1n) is 5.83. The van der Waals surface area contributed by atoms with Crippen LogP contribution in [0.1, 0.15) is 20.3 Å². The predicted octanol–water partition coefficient (Wildman–Crippen LogP) is 1.92. The number of halogens is 1. The van der Waals surface area contributed by atoms with Crippen LogP contribution in [-0.4, -0.2) is 37.1 Å². The average molecular weight is 284 g/mol. The maximum absolute atomic E-state index is 11.2. The van der Waals surface area contributed by atoms with E-state index in [9.17, 15) is 9.90 Å². The molecular formula is C11H14ClN5O2. The number of nitrogens with zero attached hydrogens (tertiary/aromatic N) is 3. The number of H-pyrrole nitrogens is 1. The highest BCUT2D eigenvalue weighted by Crippen LogP contribution is 2.20. The minimum atomic E-state index is -0.934. The molecule has 0 aliphatic heterocycles. The van der Waals surface area contributed by atoms with Gasteiger partial charge in [0.1, 0.15) is 11.6 Å². The van der Waals surface area contributed by atoms with Crippen LogP contribution in [0.15, 0.2) is 6.33 Å². The van der Waals surface area contributed by atoms with Crippen molar-refractivity contribution in [3.05, 3.63) is 11.6 Å². The molecule has 0 bridgehead atoms. The van der Waals surface area contributed by atoms with Crippen molar-refractivity contribution >= 4 is 34.6 Å². The summed E-state index contributed by atoms with van der Waals surface area (Å²) in [5, 5.41) is 12.1. The summed E-state index contributed by atoms with van der Waals surface area (Å²) in [6, 6.07) is -0.738. The minimum absolute atomic E-state index is 0.0239. The van der Waals surface area contributed by atoms with Crippen LogP contribution in [0.3, 0.4) is 0 Å². The van der Waals surface area contributed by atoms with Gasteiger partial charge in [0.05, 0.1) is 6.33 Å². The van der Waals surface area contributed by atoms with Crippen LogP contribution in [-0.2, 0) is 4.79 Å². The number of hydrogen-bond acceptors (Lipinski definition) is 5. The fourth-order valence-corrected chi connectivity index (χ4v) is 1.93. The molecule has 0 fully saturated rings. The Morgan fingerprint density at radius 3 is 2.89 bits per heavy atom. The summed E-state index contributed by atoms with van der Waals surface area (Å²) in [6.07, 6.45) is 1.94. The van der Waals surface area contributed by atoms with Crippen molar-refractivity contribution in [2.24, 2.45) is 5.92 Å². The molecule has 3 N–H and O–H groups in total. The van der Waals surface area contributed by atoms with Crippen LogP contribution in [0.5, 0.6) is 0 Å². The quantitative estimate of drug-likeness (QED) is 0.724. The standard InChI is InChI=1S/C11H14ClN5O2/c1-5(2)3-6(10(18)19)15-9-7-8(14-4-13-7)16-11(12)17-9/h4-6H,3H2,1-2H3,(H,18,19)(H2,13,14,15,16,17). The van der Waals surface area contributed by atoms with Crippen molar-refractivity contribution in [2.75, 3.05) is 5.32 Å². The van der Waals surface area contributed by atoms with Gasteiger partial charge >= 0.3 is 5.97 Å². The summed E-state index contributed by atoms with van der Waals surface area (Å²) in [5.74, 6) is -0.347. The lowest BCUT2D eigenvalue weighted by Crippen LogP contribution is -2.31. The number of carbonyl (C=O) groups is 1. The van der Waals surface area contributed by atoms with Gasteiger partial charge in [-0.25, -0.2) is 9.78 Å². The van der Waals surface area contributed by atoms with E-state index in [4.69, 9.17) is 11.6 Å². The highest BCUT2D eigenvalue weighted by atomic mass is 35.5. The molecule has 0 aromatic carbocycles. The summed E-state index contributed by atoms with van der Waals surface area (Å²) >= 11 is 5.79. The molecule has 0 amide bonds. The maximum Gasteiger partial charge on any atom is 0.326 e. The van der Waals surface area contributed by atoms with E-state index in [2.05, 4.69) is 25.3 Å². The van der Waals surface area contributed by atoms with Crippen LogP contribution in [0, 0.1) is 5.92 Å². The molecule has 1 unspecified atom stereocenters. The van der Waals surface area contributed by atoms with Gasteiger partial charge < -0.3 is 15.4 Å². The van der Waals surface area contributed by atoms with E-state index in [0.717, 1.165) is 0 Å². The van der Waals surface area contributed by atoms with E-state index in [0.29, 0.717) is 23.4 Å². The zero-order valence-corrected chi connectivity index (χ0v) is 11.3. The van der Waals surface area contributed by atoms with Crippen molar-refractivity contribution in [2.45, 2.75) is 26.3 Å². The summed E-state index contributed by atoms with van der Waals surface area (Å²) < 4.78 is 0. The molecule has 7 nitrogen and oxygen atoms in total. The zero-order valence-electron chi connectivity index (χ0n) is 10.5. The molecule has 1 atom stereocenters. The largest absolute Gasteiger partial charge is 0.480 e. The number of carboxylic acids is 1. The van der Waals surface area contributed by atoms with Crippen LogP contribution in [0.25, 0.3) is 11.2 Å². The van der Waals surface area contributed by atoms with E-state index in [1.807, 2.05) is 13.8 Å². The Morgan fingerprint density at radius 1 is 1.53 bits per heavy atom. The Balaban J connectivity index is 2.32. The first kappa shape index (κ1) is 13.5. The molecule has 2 heterocycles. The highest BCUT2D eigenvalue weighted by Gasteiger charge is 2.21. The van der Waals surface area contributed by atoms with E-state index in [-0.39, 0.29) is 11.2 Å². The van der Waals surface area contributed by atoms with Crippen LogP contribution >= 0.6 is 11.6 Å². The third-order valence-electron chi connectivity index (χ3n) is 2.57. The van der Waals surface area contributed by atoms with Crippen LogP contribution < -0.4 is 5.32 Å². The number of imidazole rings is 1. The number of carboxylic acid groups (broad SMARTS) is 1.